The number of esters is 1. The largest absolute Gasteiger partial charge is 0.468 e. The van der Waals surface area contributed by atoms with Gasteiger partial charge in [-0.3, -0.25) is 9.59 Å². The van der Waals surface area contributed by atoms with Gasteiger partial charge < -0.3 is 10.1 Å². The van der Waals surface area contributed by atoms with E-state index in [1.54, 1.807) is 6.08 Å². The standard InChI is InChI=1S/C10H10BrNO3S/c1-15-10(14)6-12-9(13)5-3-7-2-4-8(11)16-7/h2-5H,6H2,1H3,(H,12,13)/b5-3+. The third-order valence-electron chi connectivity index (χ3n) is 1.63. The van der Waals surface area contributed by atoms with E-state index in [9.17, 15) is 9.59 Å². The minimum absolute atomic E-state index is 0.117. The van der Waals surface area contributed by atoms with E-state index in [4.69, 9.17) is 0 Å². The number of halogens is 1. The highest BCUT2D eigenvalue weighted by atomic mass is 79.9. The Morgan fingerprint density at radius 2 is 2.31 bits per heavy atom. The Balaban J connectivity index is 2.39. The summed E-state index contributed by atoms with van der Waals surface area (Å²) in [5, 5.41) is 2.40. The third kappa shape index (κ3) is 4.59. The minimum atomic E-state index is -0.472. The molecular weight excluding hydrogens is 294 g/mol. The first-order valence-electron chi connectivity index (χ1n) is 4.40. The Bertz CT molecular complexity index is 414. The lowest BCUT2D eigenvalue weighted by Crippen LogP contribution is -2.28. The van der Waals surface area contributed by atoms with Crippen molar-refractivity contribution in [2.75, 3.05) is 13.7 Å². The van der Waals surface area contributed by atoms with Crippen LogP contribution in [0, 0.1) is 0 Å². The number of hydrogen-bond acceptors (Lipinski definition) is 4. The summed E-state index contributed by atoms with van der Waals surface area (Å²) in [6.07, 6.45) is 3.06. The van der Waals surface area contributed by atoms with Crippen molar-refractivity contribution in [3.63, 3.8) is 0 Å². The van der Waals surface area contributed by atoms with Crippen molar-refractivity contribution in [3.05, 3.63) is 26.9 Å². The van der Waals surface area contributed by atoms with Crippen LogP contribution in [0.4, 0.5) is 0 Å². The highest BCUT2D eigenvalue weighted by Gasteiger charge is 2.01. The molecule has 0 saturated carbocycles. The van der Waals surface area contributed by atoms with Crippen LogP contribution in [0.25, 0.3) is 6.08 Å². The van der Waals surface area contributed by atoms with Crippen LogP contribution in [0.15, 0.2) is 22.0 Å². The molecule has 0 fully saturated rings. The zero-order valence-electron chi connectivity index (χ0n) is 8.53. The van der Waals surface area contributed by atoms with Crippen LogP contribution in [0.5, 0.6) is 0 Å². The molecule has 0 aliphatic heterocycles. The highest BCUT2D eigenvalue weighted by Crippen LogP contribution is 2.22. The van der Waals surface area contributed by atoms with Crippen molar-refractivity contribution in [2.45, 2.75) is 0 Å². The number of ether oxygens (including phenoxy) is 1. The average Bonchev–Trinajstić information content (AvgIpc) is 2.69. The van der Waals surface area contributed by atoms with Gasteiger partial charge in [0.15, 0.2) is 0 Å². The summed E-state index contributed by atoms with van der Waals surface area (Å²) in [4.78, 5) is 22.9. The summed E-state index contributed by atoms with van der Waals surface area (Å²) in [6, 6.07) is 3.79. The quantitative estimate of drug-likeness (QED) is 0.682. The SMILES string of the molecule is COC(=O)CNC(=O)/C=C/c1ccc(Br)s1. The smallest absolute Gasteiger partial charge is 0.325 e. The second kappa shape index (κ2) is 6.44. The van der Waals surface area contributed by atoms with Crippen molar-refractivity contribution in [1.29, 1.82) is 0 Å². The monoisotopic (exact) mass is 303 g/mol. The molecule has 0 aromatic carbocycles. The van der Waals surface area contributed by atoms with Gasteiger partial charge in [0.2, 0.25) is 5.91 Å². The molecule has 1 rings (SSSR count). The van der Waals surface area contributed by atoms with E-state index in [1.165, 1.54) is 24.5 Å². The van der Waals surface area contributed by atoms with Crippen LogP contribution in [-0.2, 0) is 14.3 Å². The Labute approximate surface area is 105 Å². The predicted molar refractivity (Wildman–Crippen MR) is 66.1 cm³/mol. The molecule has 0 bridgehead atoms. The van der Waals surface area contributed by atoms with E-state index in [-0.39, 0.29) is 12.5 Å². The van der Waals surface area contributed by atoms with Gasteiger partial charge in [-0.15, -0.1) is 11.3 Å². The van der Waals surface area contributed by atoms with Gasteiger partial charge in [-0.05, 0) is 34.1 Å². The number of carbonyl (C=O) groups is 2. The molecule has 1 heterocycles. The molecule has 0 atom stereocenters. The van der Waals surface area contributed by atoms with E-state index in [1.807, 2.05) is 12.1 Å². The highest BCUT2D eigenvalue weighted by molar-refractivity contribution is 9.11. The summed E-state index contributed by atoms with van der Waals surface area (Å²) in [5.74, 6) is -0.796. The summed E-state index contributed by atoms with van der Waals surface area (Å²) < 4.78 is 5.39. The van der Waals surface area contributed by atoms with Gasteiger partial charge in [0, 0.05) is 11.0 Å². The number of amides is 1. The summed E-state index contributed by atoms with van der Waals surface area (Å²) in [5.41, 5.74) is 0. The second-order valence-electron chi connectivity index (χ2n) is 2.77. The lowest BCUT2D eigenvalue weighted by atomic mass is 10.4. The van der Waals surface area contributed by atoms with Crippen molar-refractivity contribution in [1.82, 2.24) is 5.32 Å². The molecule has 86 valence electrons. The average molecular weight is 304 g/mol. The number of nitrogens with one attached hydrogen (secondary N) is 1. The molecule has 0 spiro atoms. The fourth-order valence-corrected chi connectivity index (χ4v) is 2.19. The zero-order chi connectivity index (χ0) is 12.0. The Morgan fingerprint density at radius 1 is 1.56 bits per heavy atom. The van der Waals surface area contributed by atoms with E-state index in [2.05, 4.69) is 26.0 Å². The van der Waals surface area contributed by atoms with E-state index >= 15 is 0 Å². The number of rotatable bonds is 4. The molecular formula is C10H10BrNO3S. The molecule has 0 unspecified atom stereocenters. The fourth-order valence-electron chi connectivity index (χ4n) is 0.866. The Kier molecular flexibility index (Phi) is 5.21. The van der Waals surface area contributed by atoms with Gasteiger partial charge in [-0.25, -0.2) is 0 Å². The number of hydrogen-bond donors (Lipinski definition) is 1. The molecule has 16 heavy (non-hydrogen) atoms. The molecule has 0 saturated heterocycles. The first-order valence-corrected chi connectivity index (χ1v) is 6.01. The minimum Gasteiger partial charge on any atom is -0.468 e. The number of methoxy groups -OCH3 is 1. The van der Waals surface area contributed by atoms with Gasteiger partial charge in [0.05, 0.1) is 10.9 Å². The summed E-state index contributed by atoms with van der Waals surface area (Å²) >= 11 is 4.84. The molecule has 1 aromatic heterocycles. The van der Waals surface area contributed by atoms with Crippen LogP contribution < -0.4 is 5.32 Å². The van der Waals surface area contributed by atoms with Gasteiger partial charge in [0.25, 0.3) is 0 Å². The van der Waals surface area contributed by atoms with E-state index in [0.29, 0.717) is 0 Å². The first-order chi connectivity index (χ1) is 7.61. The van der Waals surface area contributed by atoms with E-state index < -0.39 is 5.97 Å². The molecule has 1 amide bonds. The molecule has 6 heteroatoms. The molecule has 1 N–H and O–H groups in total. The molecule has 4 nitrogen and oxygen atoms in total. The van der Waals surface area contributed by atoms with Gasteiger partial charge in [-0.2, -0.15) is 0 Å². The maximum atomic E-state index is 11.2. The van der Waals surface area contributed by atoms with Crippen LogP contribution in [0.2, 0.25) is 0 Å². The maximum absolute atomic E-state index is 11.2. The lowest BCUT2D eigenvalue weighted by Gasteiger charge is -1.98. The van der Waals surface area contributed by atoms with Gasteiger partial charge in [0.1, 0.15) is 6.54 Å². The first kappa shape index (κ1) is 12.9. The summed E-state index contributed by atoms with van der Waals surface area (Å²) in [6.45, 7) is -0.117. The van der Waals surface area contributed by atoms with Crippen LogP contribution in [0.1, 0.15) is 4.88 Å². The lowest BCUT2D eigenvalue weighted by molar-refractivity contribution is -0.140. The molecule has 0 radical (unpaired) electrons. The normalized spacial score (nSPS) is 10.4. The second-order valence-corrected chi connectivity index (χ2v) is 5.26. The van der Waals surface area contributed by atoms with Crippen molar-refractivity contribution in [2.24, 2.45) is 0 Å². The summed E-state index contributed by atoms with van der Waals surface area (Å²) in [7, 11) is 1.27. The number of thiophene rings is 1. The van der Waals surface area contributed by atoms with Crippen LogP contribution >= 0.6 is 27.3 Å². The number of carbonyl (C=O) groups excluding carboxylic acids is 2. The van der Waals surface area contributed by atoms with Crippen molar-refractivity contribution in [3.8, 4) is 0 Å². The van der Waals surface area contributed by atoms with Crippen LogP contribution in [0.3, 0.4) is 0 Å². The maximum Gasteiger partial charge on any atom is 0.325 e. The fraction of sp³-hybridized carbons (Fsp3) is 0.200. The third-order valence-corrected chi connectivity index (χ3v) is 3.22. The topological polar surface area (TPSA) is 55.4 Å². The molecule has 1 aromatic rings. The van der Waals surface area contributed by atoms with Gasteiger partial charge >= 0.3 is 5.97 Å². The molecule has 0 aliphatic rings. The molecule has 0 aliphatic carbocycles. The predicted octanol–water partition coefficient (Wildman–Crippen LogP) is 1.81. The zero-order valence-corrected chi connectivity index (χ0v) is 10.9. The van der Waals surface area contributed by atoms with Crippen LogP contribution in [-0.4, -0.2) is 25.5 Å². The van der Waals surface area contributed by atoms with Gasteiger partial charge in [-0.1, -0.05) is 0 Å². The van der Waals surface area contributed by atoms with Crippen molar-refractivity contribution >= 4 is 45.2 Å². The van der Waals surface area contributed by atoms with Crippen molar-refractivity contribution < 1.29 is 14.3 Å². The Morgan fingerprint density at radius 3 is 2.88 bits per heavy atom. The Hall–Kier alpha value is -1.14. The van der Waals surface area contributed by atoms with E-state index in [0.717, 1.165) is 8.66 Å².